The molecule has 1 aromatic heterocycles. The smallest absolute Gasteiger partial charge is 0.122 e. The van der Waals surface area contributed by atoms with Gasteiger partial charge in [-0.25, -0.2) is 4.98 Å². The molecule has 5 atom stereocenters. The fourth-order valence-electron chi connectivity index (χ4n) is 4.52. The Balaban J connectivity index is 1.31. The summed E-state index contributed by atoms with van der Waals surface area (Å²) in [5.74, 6) is 0.804. The maximum Gasteiger partial charge on any atom is 0.122 e. The second-order valence-electron chi connectivity index (χ2n) is 9.16. The lowest BCUT2D eigenvalue weighted by Crippen LogP contribution is -2.54. The minimum atomic E-state index is -1.40. The van der Waals surface area contributed by atoms with E-state index in [9.17, 15) is 15.3 Å². The van der Waals surface area contributed by atoms with Crippen LogP contribution in [-0.2, 0) is 17.7 Å². The quantitative estimate of drug-likeness (QED) is 0.273. The monoisotopic (exact) mass is 552 g/mol. The number of benzene rings is 3. The van der Waals surface area contributed by atoms with Crippen LogP contribution in [0.1, 0.15) is 34.7 Å². The lowest BCUT2D eigenvalue weighted by molar-refractivity contribution is -0.205. The van der Waals surface area contributed by atoms with E-state index in [2.05, 4.69) is 9.98 Å². The van der Waals surface area contributed by atoms with Crippen LogP contribution in [0.2, 0.25) is 5.02 Å². The van der Waals surface area contributed by atoms with Crippen molar-refractivity contribution >= 4 is 39.4 Å². The highest BCUT2D eigenvalue weighted by Crippen LogP contribution is 2.34. The SMILES string of the molecule is CCOc1ccc(Cc2cc([C@@H]3O[C@H](C=NCc4nc5ccccc5s4)[C@@H](O)[C@H](O)[C@H]3O)ccc2Cl)cc1. The molecule has 0 saturated carbocycles. The molecule has 3 aromatic carbocycles. The Bertz CT molecular complexity index is 1380. The van der Waals surface area contributed by atoms with Crippen molar-refractivity contribution in [2.45, 2.75) is 50.4 Å². The van der Waals surface area contributed by atoms with Crippen LogP contribution in [0.15, 0.2) is 71.7 Å². The van der Waals surface area contributed by atoms with Gasteiger partial charge in [0.15, 0.2) is 0 Å². The summed E-state index contributed by atoms with van der Waals surface area (Å²) >= 11 is 8.05. The van der Waals surface area contributed by atoms with Gasteiger partial charge >= 0.3 is 0 Å². The van der Waals surface area contributed by atoms with Gasteiger partial charge in [-0.15, -0.1) is 11.3 Å². The van der Waals surface area contributed by atoms with Gasteiger partial charge in [-0.1, -0.05) is 48.0 Å². The minimum Gasteiger partial charge on any atom is -0.494 e. The summed E-state index contributed by atoms with van der Waals surface area (Å²) in [6.07, 6.45) is -3.77. The van der Waals surface area contributed by atoms with Crippen molar-refractivity contribution in [1.29, 1.82) is 0 Å². The van der Waals surface area contributed by atoms with Crippen LogP contribution in [0.5, 0.6) is 5.75 Å². The van der Waals surface area contributed by atoms with Crippen molar-refractivity contribution in [3.63, 3.8) is 0 Å². The van der Waals surface area contributed by atoms with Crippen molar-refractivity contribution in [3.8, 4) is 5.75 Å². The number of nitrogens with zero attached hydrogens (tertiary/aromatic N) is 2. The van der Waals surface area contributed by atoms with E-state index >= 15 is 0 Å². The fourth-order valence-corrected chi connectivity index (χ4v) is 5.61. The number of hydrogen-bond donors (Lipinski definition) is 3. The zero-order valence-corrected chi connectivity index (χ0v) is 22.3. The van der Waals surface area contributed by atoms with Crippen molar-refractivity contribution in [2.75, 3.05) is 6.61 Å². The van der Waals surface area contributed by atoms with Gasteiger partial charge in [-0.2, -0.15) is 0 Å². The van der Waals surface area contributed by atoms with E-state index in [-0.39, 0.29) is 0 Å². The molecule has 198 valence electrons. The summed E-state index contributed by atoms with van der Waals surface area (Å²) in [6, 6.07) is 21.0. The van der Waals surface area contributed by atoms with Crippen LogP contribution in [-0.4, -0.2) is 57.5 Å². The average molecular weight is 553 g/mol. The molecule has 1 aliphatic heterocycles. The van der Waals surface area contributed by atoms with Crippen LogP contribution in [0.4, 0.5) is 0 Å². The Morgan fingerprint density at radius 2 is 1.82 bits per heavy atom. The molecular weight excluding hydrogens is 524 g/mol. The van der Waals surface area contributed by atoms with Crippen molar-refractivity contribution in [3.05, 3.63) is 93.5 Å². The fraction of sp³-hybridized carbons (Fsp3) is 0.310. The van der Waals surface area contributed by atoms with E-state index in [0.717, 1.165) is 32.1 Å². The van der Waals surface area contributed by atoms with Gasteiger partial charge in [0.2, 0.25) is 0 Å². The zero-order valence-electron chi connectivity index (χ0n) is 20.8. The lowest BCUT2D eigenvalue weighted by atomic mass is 9.90. The van der Waals surface area contributed by atoms with Crippen LogP contribution < -0.4 is 4.74 Å². The lowest BCUT2D eigenvalue weighted by Gasteiger charge is -2.39. The molecule has 0 radical (unpaired) electrons. The molecule has 0 spiro atoms. The van der Waals surface area contributed by atoms with Crippen molar-refractivity contribution < 1.29 is 24.8 Å². The Kier molecular flexibility index (Phi) is 8.38. The van der Waals surface area contributed by atoms with E-state index < -0.39 is 30.5 Å². The Morgan fingerprint density at radius 3 is 2.58 bits per heavy atom. The number of aliphatic imine (C=N–C) groups is 1. The first kappa shape index (κ1) is 26.7. The molecule has 0 amide bonds. The first-order chi connectivity index (χ1) is 18.4. The third kappa shape index (κ3) is 5.91. The summed E-state index contributed by atoms with van der Waals surface area (Å²) < 4.78 is 12.7. The van der Waals surface area contributed by atoms with Gasteiger partial charge in [-0.3, -0.25) is 4.99 Å². The number of aromatic nitrogens is 1. The van der Waals surface area contributed by atoms with E-state index in [1.165, 1.54) is 6.21 Å². The summed E-state index contributed by atoms with van der Waals surface area (Å²) in [7, 11) is 0. The summed E-state index contributed by atoms with van der Waals surface area (Å²) in [5, 5.41) is 33.3. The van der Waals surface area contributed by atoms with Gasteiger partial charge in [0, 0.05) is 11.2 Å². The molecule has 9 heteroatoms. The third-order valence-electron chi connectivity index (χ3n) is 6.49. The number of aliphatic hydroxyl groups excluding tert-OH is 3. The predicted molar refractivity (Wildman–Crippen MR) is 149 cm³/mol. The molecule has 1 aliphatic rings. The van der Waals surface area contributed by atoms with Crippen molar-refractivity contribution in [2.24, 2.45) is 4.99 Å². The molecule has 5 rings (SSSR count). The Hall–Kier alpha value is -2.85. The molecule has 0 bridgehead atoms. The van der Waals surface area contributed by atoms with Crippen LogP contribution in [0.25, 0.3) is 10.2 Å². The number of halogens is 1. The van der Waals surface area contributed by atoms with E-state index in [4.69, 9.17) is 21.1 Å². The number of para-hydroxylation sites is 1. The molecule has 1 saturated heterocycles. The number of fused-ring (bicyclic) bond motifs is 1. The number of ether oxygens (including phenoxy) is 2. The van der Waals surface area contributed by atoms with E-state index in [0.29, 0.717) is 30.2 Å². The average Bonchev–Trinajstić information content (AvgIpc) is 3.34. The summed E-state index contributed by atoms with van der Waals surface area (Å²) in [4.78, 5) is 8.98. The maximum atomic E-state index is 10.8. The molecule has 38 heavy (non-hydrogen) atoms. The molecule has 2 heterocycles. The van der Waals surface area contributed by atoms with Gasteiger partial charge in [0.1, 0.15) is 41.3 Å². The van der Waals surface area contributed by atoms with Crippen LogP contribution in [0, 0.1) is 0 Å². The predicted octanol–water partition coefficient (Wildman–Crippen LogP) is 4.73. The van der Waals surface area contributed by atoms with E-state index in [1.807, 2.05) is 61.5 Å². The topological polar surface area (TPSA) is 104 Å². The second kappa shape index (κ2) is 11.9. The molecular formula is C29H29ClN2O5S. The standard InChI is InChI=1S/C29H29ClN2O5S/c1-2-36-20-10-7-17(8-11-20)13-19-14-18(9-12-21(19)30)29-28(35)27(34)26(33)23(37-29)15-31-16-25-32-22-5-3-4-6-24(22)38-25/h3-12,14-15,23,26-29,33-35H,2,13,16H2,1H3/t23-,26-,27+,28-,29+/m1/s1. The first-order valence-corrected chi connectivity index (χ1v) is 13.7. The highest BCUT2D eigenvalue weighted by Gasteiger charge is 2.43. The zero-order chi connectivity index (χ0) is 26.6. The number of rotatable bonds is 8. The number of hydrogen-bond acceptors (Lipinski definition) is 8. The highest BCUT2D eigenvalue weighted by atomic mass is 35.5. The van der Waals surface area contributed by atoms with Crippen molar-refractivity contribution in [1.82, 2.24) is 4.98 Å². The molecule has 0 aliphatic carbocycles. The van der Waals surface area contributed by atoms with E-state index in [1.54, 1.807) is 23.5 Å². The Morgan fingerprint density at radius 1 is 1.03 bits per heavy atom. The van der Waals surface area contributed by atoms with Gasteiger partial charge in [-0.05, 0) is 60.4 Å². The maximum absolute atomic E-state index is 10.8. The van der Waals surface area contributed by atoms with Crippen LogP contribution >= 0.6 is 22.9 Å². The van der Waals surface area contributed by atoms with Gasteiger partial charge in [0.25, 0.3) is 0 Å². The minimum absolute atomic E-state index is 0.322. The third-order valence-corrected chi connectivity index (χ3v) is 7.88. The summed E-state index contributed by atoms with van der Waals surface area (Å²) in [5.41, 5.74) is 3.47. The molecule has 4 aromatic rings. The normalized spacial score (nSPS) is 23.8. The first-order valence-electron chi connectivity index (χ1n) is 12.5. The largest absolute Gasteiger partial charge is 0.494 e. The molecule has 3 N–H and O–H groups in total. The Labute approximate surface area is 230 Å². The summed E-state index contributed by atoms with van der Waals surface area (Å²) in [6.45, 7) is 2.86. The highest BCUT2D eigenvalue weighted by molar-refractivity contribution is 7.18. The van der Waals surface area contributed by atoms with Crippen LogP contribution in [0.3, 0.4) is 0 Å². The molecule has 7 nitrogen and oxygen atoms in total. The second-order valence-corrected chi connectivity index (χ2v) is 10.7. The number of aliphatic hydroxyl groups is 3. The number of thiazole rings is 1. The van der Waals surface area contributed by atoms with Gasteiger partial charge < -0.3 is 24.8 Å². The molecule has 0 unspecified atom stereocenters. The van der Waals surface area contributed by atoms with Gasteiger partial charge in [0.05, 0.1) is 23.4 Å². The molecule has 1 fully saturated rings.